The standard InChI is InChI=1S/C27H32N2O/c1-3-27(29-12-14-30-15-13-29)23-10-11-25-24(17-23)18-28(2)19-26(25)22-9-8-20-6-4-5-7-21(20)16-22/h4-11,16-17,26-27H,3,12-15,18-19H2,1-2H3. The predicted octanol–water partition coefficient (Wildman–Crippen LogP) is 5.20. The molecule has 2 heterocycles. The Morgan fingerprint density at radius 2 is 1.77 bits per heavy atom. The minimum absolute atomic E-state index is 0.431. The lowest BCUT2D eigenvalue weighted by Gasteiger charge is -2.36. The molecule has 3 aromatic rings. The lowest BCUT2D eigenvalue weighted by Crippen LogP contribution is -2.39. The van der Waals surface area contributed by atoms with Crippen LogP contribution in [0.4, 0.5) is 0 Å². The molecule has 0 N–H and O–H groups in total. The van der Waals surface area contributed by atoms with Crippen molar-refractivity contribution < 1.29 is 4.74 Å². The summed E-state index contributed by atoms with van der Waals surface area (Å²) < 4.78 is 5.58. The van der Waals surface area contributed by atoms with Crippen molar-refractivity contribution in [1.29, 1.82) is 0 Å². The van der Waals surface area contributed by atoms with Gasteiger partial charge in [0.1, 0.15) is 0 Å². The first-order valence-corrected chi connectivity index (χ1v) is 11.3. The van der Waals surface area contributed by atoms with Crippen molar-refractivity contribution >= 4 is 10.8 Å². The van der Waals surface area contributed by atoms with Gasteiger partial charge in [0.15, 0.2) is 0 Å². The quantitative estimate of drug-likeness (QED) is 0.599. The van der Waals surface area contributed by atoms with E-state index in [-0.39, 0.29) is 0 Å². The number of ether oxygens (including phenoxy) is 1. The maximum atomic E-state index is 5.58. The van der Waals surface area contributed by atoms with E-state index in [4.69, 9.17) is 4.74 Å². The van der Waals surface area contributed by atoms with E-state index < -0.39 is 0 Å². The number of benzene rings is 3. The Morgan fingerprint density at radius 1 is 0.967 bits per heavy atom. The number of hydrogen-bond donors (Lipinski definition) is 0. The van der Waals surface area contributed by atoms with Crippen molar-refractivity contribution in [1.82, 2.24) is 9.80 Å². The zero-order valence-electron chi connectivity index (χ0n) is 18.2. The van der Waals surface area contributed by atoms with E-state index in [1.54, 1.807) is 0 Å². The molecule has 0 radical (unpaired) electrons. The fourth-order valence-electron chi connectivity index (χ4n) is 5.38. The zero-order chi connectivity index (χ0) is 20.5. The van der Waals surface area contributed by atoms with Crippen LogP contribution in [0.1, 0.15) is 47.6 Å². The Bertz CT molecular complexity index is 1020. The molecule has 0 amide bonds. The predicted molar refractivity (Wildman–Crippen MR) is 124 cm³/mol. The van der Waals surface area contributed by atoms with E-state index in [2.05, 4.69) is 84.4 Å². The molecule has 3 nitrogen and oxygen atoms in total. The van der Waals surface area contributed by atoms with Gasteiger partial charge in [-0.2, -0.15) is 0 Å². The number of rotatable bonds is 4. The van der Waals surface area contributed by atoms with E-state index in [1.807, 2.05) is 0 Å². The second kappa shape index (κ2) is 8.50. The molecule has 5 rings (SSSR count). The van der Waals surface area contributed by atoms with E-state index in [9.17, 15) is 0 Å². The van der Waals surface area contributed by atoms with Gasteiger partial charge < -0.3 is 9.64 Å². The van der Waals surface area contributed by atoms with Crippen molar-refractivity contribution in [2.45, 2.75) is 31.8 Å². The Morgan fingerprint density at radius 3 is 2.57 bits per heavy atom. The maximum Gasteiger partial charge on any atom is 0.0594 e. The van der Waals surface area contributed by atoms with Crippen LogP contribution in [0.15, 0.2) is 60.7 Å². The van der Waals surface area contributed by atoms with Crippen LogP contribution in [0, 0.1) is 0 Å². The van der Waals surface area contributed by atoms with Crippen LogP contribution in [0.5, 0.6) is 0 Å². The number of likely N-dealkylation sites (N-methyl/N-ethyl adjacent to an activating group) is 1. The summed E-state index contributed by atoms with van der Waals surface area (Å²) in [6, 6.07) is 23.5. The lowest BCUT2D eigenvalue weighted by atomic mass is 9.82. The number of nitrogens with zero attached hydrogens (tertiary/aromatic N) is 2. The summed E-state index contributed by atoms with van der Waals surface area (Å²) in [4.78, 5) is 5.07. The van der Waals surface area contributed by atoms with Gasteiger partial charge in [-0.15, -0.1) is 0 Å². The fraction of sp³-hybridized carbons (Fsp3) is 0.407. The Hall–Kier alpha value is -2.20. The molecular formula is C27H32N2O. The highest BCUT2D eigenvalue weighted by atomic mass is 16.5. The third-order valence-corrected chi connectivity index (χ3v) is 6.91. The summed E-state index contributed by atoms with van der Waals surface area (Å²) in [7, 11) is 2.25. The lowest BCUT2D eigenvalue weighted by molar-refractivity contribution is 0.0152. The largest absolute Gasteiger partial charge is 0.379 e. The van der Waals surface area contributed by atoms with Crippen molar-refractivity contribution in [2.75, 3.05) is 39.9 Å². The van der Waals surface area contributed by atoms with E-state index in [0.29, 0.717) is 12.0 Å². The Balaban J connectivity index is 1.50. The number of hydrogen-bond acceptors (Lipinski definition) is 3. The molecule has 0 bridgehead atoms. The summed E-state index contributed by atoms with van der Waals surface area (Å²) in [6.07, 6.45) is 1.14. The van der Waals surface area contributed by atoms with Gasteiger partial charge in [-0.1, -0.05) is 67.6 Å². The number of fused-ring (bicyclic) bond motifs is 2. The van der Waals surface area contributed by atoms with Crippen LogP contribution >= 0.6 is 0 Å². The molecule has 30 heavy (non-hydrogen) atoms. The van der Waals surface area contributed by atoms with Crippen molar-refractivity contribution in [2.24, 2.45) is 0 Å². The second-order valence-electron chi connectivity index (χ2n) is 8.89. The van der Waals surface area contributed by atoms with Crippen LogP contribution in [0.25, 0.3) is 10.8 Å². The highest BCUT2D eigenvalue weighted by molar-refractivity contribution is 5.83. The average molecular weight is 401 g/mol. The summed E-state index contributed by atoms with van der Waals surface area (Å²) >= 11 is 0. The molecule has 3 aromatic carbocycles. The van der Waals surface area contributed by atoms with Gasteiger partial charge in [0.2, 0.25) is 0 Å². The summed E-state index contributed by atoms with van der Waals surface area (Å²) in [5.74, 6) is 0.431. The van der Waals surface area contributed by atoms with Crippen LogP contribution in [-0.4, -0.2) is 49.7 Å². The first-order chi connectivity index (χ1) is 14.7. The molecule has 0 saturated carbocycles. The smallest absolute Gasteiger partial charge is 0.0594 e. The summed E-state index contributed by atoms with van der Waals surface area (Å²) in [5.41, 5.74) is 5.88. The minimum Gasteiger partial charge on any atom is -0.379 e. The molecule has 2 unspecified atom stereocenters. The monoisotopic (exact) mass is 400 g/mol. The SMILES string of the molecule is CCC(c1ccc2c(c1)CN(C)CC2c1ccc2ccccc2c1)N1CCOCC1. The first-order valence-electron chi connectivity index (χ1n) is 11.3. The summed E-state index contributed by atoms with van der Waals surface area (Å²) in [6.45, 7) is 8.20. The van der Waals surface area contributed by atoms with Crippen LogP contribution in [0.2, 0.25) is 0 Å². The van der Waals surface area contributed by atoms with Crippen LogP contribution < -0.4 is 0 Å². The van der Waals surface area contributed by atoms with Gasteiger partial charge in [0, 0.05) is 38.1 Å². The molecule has 3 heteroatoms. The van der Waals surface area contributed by atoms with E-state index in [1.165, 1.54) is 33.0 Å². The average Bonchev–Trinajstić information content (AvgIpc) is 2.79. The van der Waals surface area contributed by atoms with Crippen molar-refractivity contribution in [3.05, 3.63) is 82.9 Å². The maximum absolute atomic E-state index is 5.58. The minimum atomic E-state index is 0.431. The molecule has 2 atom stereocenters. The first kappa shape index (κ1) is 19.7. The molecule has 2 aliphatic heterocycles. The zero-order valence-corrected chi connectivity index (χ0v) is 18.2. The molecular weight excluding hydrogens is 368 g/mol. The third-order valence-electron chi connectivity index (χ3n) is 6.91. The number of morpholine rings is 1. The molecule has 0 aliphatic carbocycles. The highest BCUT2D eigenvalue weighted by Gasteiger charge is 2.27. The van der Waals surface area contributed by atoms with Gasteiger partial charge in [0.05, 0.1) is 13.2 Å². The van der Waals surface area contributed by atoms with Gasteiger partial charge in [-0.05, 0) is 46.5 Å². The molecule has 1 saturated heterocycles. The molecule has 1 fully saturated rings. The molecule has 2 aliphatic rings. The van der Waals surface area contributed by atoms with E-state index in [0.717, 1.165) is 45.8 Å². The molecule has 0 spiro atoms. The van der Waals surface area contributed by atoms with Gasteiger partial charge in [-0.3, -0.25) is 4.90 Å². The van der Waals surface area contributed by atoms with E-state index >= 15 is 0 Å². The molecule has 0 aromatic heterocycles. The van der Waals surface area contributed by atoms with Crippen molar-refractivity contribution in [3.63, 3.8) is 0 Å². The van der Waals surface area contributed by atoms with Gasteiger partial charge >= 0.3 is 0 Å². The van der Waals surface area contributed by atoms with Gasteiger partial charge in [-0.25, -0.2) is 0 Å². The van der Waals surface area contributed by atoms with Crippen LogP contribution in [0.3, 0.4) is 0 Å². The Labute approximate surface area is 180 Å². The normalized spacial score (nSPS) is 21.5. The van der Waals surface area contributed by atoms with Crippen LogP contribution in [-0.2, 0) is 11.3 Å². The fourth-order valence-corrected chi connectivity index (χ4v) is 5.38. The second-order valence-corrected chi connectivity index (χ2v) is 8.89. The molecule has 156 valence electrons. The van der Waals surface area contributed by atoms with Gasteiger partial charge in [0.25, 0.3) is 0 Å². The van der Waals surface area contributed by atoms with Crippen molar-refractivity contribution in [3.8, 4) is 0 Å². The topological polar surface area (TPSA) is 15.7 Å². The Kier molecular flexibility index (Phi) is 5.60. The summed E-state index contributed by atoms with van der Waals surface area (Å²) in [5, 5.41) is 2.65. The third kappa shape index (κ3) is 3.78. The highest BCUT2D eigenvalue weighted by Crippen LogP contribution is 2.36.